The highest BCUT2D eigenvalue weighted by Gasteiger charge is 2.12. The molecule has 8 heteroatoms. The summed E-state index contributed by atoms with van der Waals surface area (Å²) in [5, 5.41) is 10.8. The van der Waals surface area contributed by atoms with Crippen LogP contribution in [0.3, 0.4) is 0 Å². The van der Waals surface area contributed by atoms with Gasteiger partial charge in [0.1, 0.15) is 23.6 Å². The molecule has 3 rings (SSSR count). The number of methoxy groups -OCH3 is 2. The Balaban J connectivity index is 1.82. The van der Waals surface area contributed by atoms with Gasteiger partial charge in [0.05, 0.1) is 25.3 Å². The minimum absolute atomic E-state index is 0.258. The summed E-state index contributed by atoms with van der Waals surface area (Å²) < 4.78 is 11.4. The van der Waals surface area contributed by atoms with Gasteiger partial charge in [-0.2, -0.15) is 0 Å². The molecule has 0 atom stereocenters. The topological polar surface area (TPSA) is 95.3 Å². The maximum Gasteiger partial charge on any atom is 0.278 e. The Kier molecular flexibility index (Phi) is 4.60. The number of carbonyl (C=O) groups is 1. The zero-order valence-corrected chi connectivity index (χ0v) is 13.7. The average molecular weight is 340 g/mol. The monoisotopic (exact) mass is 340 g/mol. The zero-order valence-electron chi connectivity index (χ0n) is 13.7. The Bertz CT molecular complexity index is 984. The van der Waals surface area contributed by atoms with Crippen molar-refractivity contribution in [1.29, 1.82) is 0 Å². The van der Waals surface area contributed by atoms with E-state index in [0.717, 1.165) is 4.68 Å². The molecule has 0 unspecified atom stereocenters. The van der Waals surface area contributed by atoms with E-state index in [1.54, 1.807) is 42.5 Å². The minimum atomic E-state index is -0.421. The standard InChI is InChI=1S/C17H16N4O4/c1-24-11-7-8-14(15(9-11)25-2)18-16(22)10-21-17(23)12-5-3-4-6-13(12)19-20-21/h3-9H,10H2,1-2H3,(H,18,22). The van der Waals surface area contributed by atoms with Crippen LogP contribution in [0.4, 0.5) is 5.69 Å². The van der Waals surface area contributed by atoms with Crippen molar-refractivity contribution in [3.8, 4) is 11.5 Å². The summed E-state index contributed by atoms with van der Waals surface area (Å²) in [5.74, 6) is 0.631. The molecule has 0 spiro atoms. The average Bonchev–Trinajstić information content (AvgIpc) is 2.64. The van der Waals surface area contributed by atoms with Crippen LogP contribution in [-0.4, -0.2) is 35.1 Å². The molecule has 0 radical (unpaired) electrons. The van der Waals surface area contributed by atoms with Gasteiger partial charge >= 0.3 is 0 Å². The molecule has 0 aliphatic rings. The number of hydrogen-bond donors (Lipinski definition) is 1. The second-order valence-electron chi connectivity index (χ2n) is 5.18. The number of hydrogen-bond acceptors (Lipinski definition) is 6. The van der Waals surface area contributed by atoms with Crippen molar-refractivity contribution in [1.82, 2.24) is 15.0 Å². The number of nitrogens with zero attached hydrogens (tertiary/aromatic N) is 3. The first-order valence-electron chi connectivity index (χ1n) is 7.47. The maximum atomic E-state index is 12.4. The second-order valence-corrected chi connectivity index (χ2v) is 5.18. The third kappa shape index (κ3) is 3.42. The minimum Gasteiger partial charge on any atom is -0.497 e. The number of anilines is 1. The van der Waals surface area contributed by atoms with Crippen LogP contribution in [-0.2, 0) is 11.3 Å². The number of fused-ring (bicyclic) bond motifs is 1. The van der Waals surface area contributed by atoms with E-state index in [0.29, 0.717) is 28.1 Å². The number of ether oxygens (including phenoxy) is 2. The van der Waals surface area contributed by atoms with Gasteiger partial charge in [-0.05, 0) is 24.3 Å². The van der Waals surface area contributed by atoms with Crippen LogP contribution < -0.4 is 20.3 Å². The van der Waals surface area contributed by atoms with Crippen molar-refractivity contribution in [2.45, 2.75) is 6.54 Å². The summed E-state index contributed by atoms with van der Waals surface area (Å²) in [7, 11) is 3.03. The lowest BCUT2D eigenvalue weighted by molar-refractivity contribution is -0.117. The Hall–Kier alpha value is -3.42. The van der Waals surface area contributed by atoms with Gasteiger partial charge in [0.25, 0.3) is 5.56 Å². The van der Waals surface area contributed by atoms with Crippen molar-refractivity contribution in [3.05, 3.63) is 52.8 Å². The normalized spacial score (nSPS) is 10.5. The molecule has 0 aliphatic carbocycles. The molecule has 1 amide bonds. The molecule has 0 saturated heterocycles. The number of nitrogens with one attached hydrogen (secondary N) is 1. The molecule has 8 nitrogen and oxygen atoms in total. The lowest BCUT2D eigenvalue weighted by Gasteiger charge is -2.12. The molecule has 0 aliphatic heterocycles. The highest BCUT2D eigenvalue weighted by atomic mass is 16.5. The maximum absolute atomic E-state index is 12.4. The summed E-state index contributed by atoms with van der Waals surface area (Å²) in [6.45, 7) is -0.258. The third-order valence-corrected chi connectivity index (χ3v) is 3.61. The summed E-state index contributed by atoms with van der Waals surface area (Å²) in [6.07, 6.45) is 0. The molecular weight excluding hydrogens is 324 g/mol. The SMILES string of the molecule is COc1ccc(NC(=O)Cn2nnc3ccccc3c2=O)c(OC)c1. The highest BCUT2D eigenvalue weighted by molar-refractivity contribution is 5.92. The van der Waals surface area contributed by atoms with E-state index in [2.05, 4.69) is 15.6 Å². The van der Waals surface area contributed by atoms with E-state index >= 15 is 0 Å². The largest absolute Gasteiger partial charge is 0.497 e. The fourth-order valence-corrected chi connectivity index (χ4v) is 2.35. The van der Waals surface area contributed by atoms with Crippen molar-refractivity contribution in [2.75, 3.05) is 19.5 Å². The van der Waals surface area contributed by atoms with Gasteiger partial charge < -0.3 is 14.8 Å². The van der Waals surface area contributed by atoms with Crippen LogP contribution in [0.2, 0.25) is 0 Å². The van der Waals surface area contributed by atoms with Crippen LogP contribution in [0.5, 0.6) is 11.5 Å². The Morgan fingerprint density at radius 2 is 1.96 bits per heavy atom. The number of amides is 1. The first kappa shape index (κ1) is 16.4. The number of carbonyl (C=O) groups excluding carboxylic acids is 1. The van der Waals surface area contributed by atoms with Crippen LogP contribution in [0.25, 0.3) is 10.9 Å². The summed E-state index contributed by atoms with van der Waals surface area (Å²) in [4.78, 5) is 24.6. The van der Waals surface area contributed by atoms with Crippen LogP contribution in [0, 0.1) is 0 Å². The number of benzene rings is 2. The van der Waals surface area contributed by atoms with E-state index < -0.39 is 5.91 Å². The highest BCUT2D eigenvalue weighted by Crippen LogP contribution is 2.28. The van der Waals surface area contributed by atoms with Crippen LogP contribution >= 0.6 is 0 Å². The van der Waals surface area contributed by atoms with Gasteiger partial charge in [-0.25, -0.2) is 4.68 Å². The molecule has 3 aromatic rings. The second kappa shape index (κ2) is 7.00. The molecule has 2 aromatic carbocycles. The van der Waals surface area contributed by atoms with E-state index in [-0.39, 0.29) is 12.1 Å². The van der Waals surface area contributed by atoms with Crippen molar-refractivity contribution in [3.63, 3.8) is 0 Å². The predicted molar refractivity (Wildman–Crippen MR) is 92.0 cm³/mol. The van der Waals surface area contributed by atoms with Crippen LogP contribution in [0.1, 0.15) is 0 Å². The molecule has 0 fully saturated rings. The van der Waals surface area contributed by atoms with E-state index in [4.69, 9.17) is 9.47 Å². The smallest absolute Gasteiger partial charge is 0.278 e. The fraction of sp³-hybridized carbons (Fsp3) is 0.176. The Labute approximate surface area is 143 Å². The van der Waals surface area contributed by atoms with Crippen molar-refractivity contribution >= 4 is 22.5 Å². The Morgan fingerprint density at radius 3 is 2.72 bits per heavy atom. The van der Waals surface area contributed by atoms with Gasteiger partial charge in [-0.15, -0.1) is 5.10 Å². The van der Waals surface area contributed by atoms with Gasteiger partial charge in [0.2, 0.25) is 5.91 Å². The molecule has 128 valence electrons. The Morgan fingerprint density at radius 1 is 1.16 bits per heavy atom. The fourth-order valence-electron chi connectivity index (χ4n) is 2.35. The van der Waals surface area contributed by atoms with E-state index in [9.17, 15) is 9.59 Å². The lowest BCUT2D eigenvalue weighted by Crippen LogP contribution is -2.30. The quantitative estimate of drug-likeness (QED) is 0.755. The van der Waals surface area contributed by atoms with Gasteiger partial charge in [0.15, 0.2) is 0 Å². The number of aromatic nitrogens is 3. The molecule has 0 saturated carbocycles. The summed E-state index contributed by atoms with van der Waals surface area (Å²) in [5.41, 5.74) is 0.582. The van der Waals surface area contributed by atoms with Crippen molar-refractivity contribution in [2.24, 2.45) is 0 Å². The molecule has 25 heavy (non-hydrogen) atoms. The van der Waals surface area contributed by atoms with E-state index in [1.807, 2.05) is 0 Å². The van der Waals surface area contributed by atoms with Crippen molar-refractivity contribution < 1.29 is 14.3 Å². The van der Waals surface area contributed by atoms with Gasteiger partial charge in [0, 0.05) is 6.07 Å². The molecule has 1 N–H and O–H groups in total. The summed E-state index contributed by atoms with van der Waals surface area (Å²) in [6, 6.07) is 11.8. The molecule has 1 aromatic heterocycles. The molecular formula is C17H16N4O4. The molecule has 1 heterocycles. The first-order chi connectivity index (χ1) is 12.1. The van der Waals surface area contributed by atoms with Gasteiger partial charge in [-0.1, -0.05) is 17.3 Å². The first-order valence-corrected chi connectivity index (χ1v) is 7.47. The number of rotatable bonds is 5. The predicted octanol–water partition coefficient (Wildman–Crippen LogP) is 1.45. The zero-order chi connectivity index (χ0) is 17.8. The molecule has 0 bridgehead atoms. The lowest BCUT2D eigenvalue weighted by atomic mass is 10.2. The van der Waals surface area contributed by atoms with E-state index in [1.165, 1.54) is 14.2 Å². The third-order valence-electron chi connectivity index (χ3n) is 3.61. The summed E-state index contributed by atoms with van der Waals surface area (Å²) >= 11 is 0. The van der Waals surface area contributed by atoms with Gasteiger partial charge in [-0.3, -0.25) is 9.59 Å². The van der Waals surface area contributed by atoms with Crippen LogP contribution in [0.15, 0.2) is 47.3 Å².